The molecule has 0 amide bonds. The molecule has 0 aliphatic rings. The summed E-state index contributed by atoms with van der Waals surface area (Å²) >= 11 is 11.8. The van der Waals surface area contributed by atoms with Crippen LogP contribution in [0.15, 0.2) is 6.07 Å². The molecule has 0 radical (unpaired) electrons. The summed E-state index contributed by atoms with van der Waals surface area (Å²) in [6.07, 6.45) is 0. The largest absolute Gasteiger partial charge is 0.395 e. The fourth-order valence-electron chi connectivity index (χ4n) is 1.06. The quantitative estimate of drug-likeness (QED) is 0.750. The smallest absolute Gasteiger partial charge is 0.147 e. The fraction of sp³-hybridized carbons (Fsp3) is 0.444. The molecule has 15 heavy (non-hydrogen) atoms. The molecular formula is C9H13Cl2N3O. The molecule has 0 fully saturated rings. The summed E-state index contributed by atoms with van der Waals surface area (Å²) in [6.45, 7) is 3.11. The van der Waals surface area contributed by atoms with Gasteiger partial charge in [-0.3, -0.25) is 0 Å². The van der Waals surface area contributed by atoms with Crippen molar-refractivity contribution in [2.24, 2.45) is 0 Å². The average Bonchev–Trinajstić information content (AvgIpc) is 2.20. The Hall–Kier alpha value is -0.710. The summed E-state index contributed by atoms with van der Waals surface area (Å²) in [5.41, 5.74) is 0. The number of anilines is 2. The predicted octanol–water partition coefficient (Wildman–Crippen LogP) is 2.22. The third-order valence-electron chi connectivity index (χ3n) is 1.68. The van der Waals surface area contributed by atoms with Crippen LogP contribution in [0.3, 0.4) is 0 Å². The van der Waals surface area contributed by atoms with Crippen LogP contribution in [0.2, 0.25) is 10.0 Å². The Morgan fingerprint density at radius 3 is 2.40 bits per heavy atom. The van der Waals surface area contributed by atoms with E-state index in [0.29, 0.717) is 28.2 Å². The Labute approximate surface area is 98.6 Å². The first-order valence-corrected chi connectivity index (χ1v) is 5.39. The highest BCUT2D eigenvalue weighted by Gasteiger charge is 2.07. The lowest BCUT2D eigenvalue weighted by Gasteiger charge is -2.10. The number of aliphatic hydroxyl groups excluding tert-OH is 1. The van der Waals surface area contributed by atoms with Crippen LogP contribution in [0.5, 0.6) is 0 Å². The molecule has 6 heteroatoms. The van der Waals surface area contributed by atoms with Crippen LogP contribution in [0.25, 0.3) is 0 Å². The Balaban J connectivity index is 2.90. The van der Waals surface area contributed by atoms with E-state index in [4.69, 9.17) is 28.3 Å². The molecule has 1 rings (SSSR count). The highest BCUT2D eigenvalue weighted by atomic mass is 35.5. The molecule has 4 nitrogen and oxygen atoms in total. The standard InChI is InChI=1S/C9H13Cl2N3O/c1-2-12-8-6(10)5-7(11)9(14-8)13-3-4-15/h5,15H,2-4H2,1H3,(H2,12,13,14). The summed E-state index contributed by atoms with van der Waals surface area (Å²) < 4.78 is 0. The summed E-state index contributed by atoms with van der Waals surface area (Å²) in [7, 11) is 0. The van der Waals surface area contributed by atoms with Crippen molar-refractivity contribution in [2.75, 3.05) is 30.3 Å². The van der Waals surface area contributed by atoms with Gasteiger partial charge in [-0.25, -0.2) is 4.98 Å². The Morgan fingerprint density at radius 1 is 1.27 bits per heavy atom. The van der Waals surface area contributed by atoms with Crippen molar-refractivity contribution in [3.8, 4) is 0 Å². The van der Waals surface area contributed by atoms with E-state index in [-0.39, 0.29) is 6.61 Å². The molecule has 0 unspecified atom stereocenters. The number of nitrogens with zero attached hydrogens (tertiary/aromatic N) is 1. The molecule has 1 aromatic heterocycles. The molecule has 0 spiro atoms. The van der Waals surface area contributed by atoms with Gasteiger partial charge in [0.15, 0.2) is 0 Å². The number of pyridine rings is 1. The summed E-state index contributed by atoms with van der Waals surface area (Å²) in [4.78, 5) is 4.20. The van der Waals surface area contributed by atoms with Gasteiger partial charge in [-0.1, -0.05) is 23.2 Å². The van der Waals surface area contributed by atoms with Crippen LogP contribution in [0.4, 0.5) is 11.6 Å². The Kier molecular flexibility index (Phi) is 4.94. The van der Waals surface area contributed by atoms with E-state index in [1.165, 1.54) is 0 Å². The zero-order valence-corrected chi connectivity index (χ0v) is 9.86. The number of nitrogens with one attached hydrogen (secondary N) is 2. The average molecular weight is 250 g/mol. The van der Waals surface area contributed by atoms with Gasteiger partial charge in [-0.05, 0) is 13.0 Å². The predicted molar refractivity (Wildman–Crippen MR) is 64.0 cm³/mol. The molecule has 84 valence electrons. The van der Waals surface area contributed by atoms with Crippen molar-refractivity contribution in [1.82, 2.24) is 4.98 Å². The number of aromatic nitrogens is 1. The van der Waals surface area contributed by atoms with E-state index in [1.807, 2.05) is 6.92 Å². The van der Waals surface area contributed by atoms with Gasteiger partial charge in [0.25, 0.3) is 0 Å². The first kappa shape index (κ1) is 12.4. The highest BCUT2D eigenvalue weighted by Crippen LogP contribution is 2.28. The molecule has 0 bridgehead atoms. The van der Waals surface area contributed by atoms with Crippen LogP contribution in [0.1, 0.15) is 6.92 Å². The fourth-order valence-corrected chi connectivity index (χ4v) is 1.55. The van der Waals surface area contributed by atoms with Gasteiger partial charge < -0.3 is 15.7 Å². The van der Waals surface area contributed by atoms with Crippen LogP contribution in [-0.4, -0.2) is 29.8 Å². The Morgan fingerprint density at radius 2 is 1.87 bits per heavy atom. The summed E-state index contributed by atoms with van der Waals surface area (Å²) in [5.74, 6) is 1.11. The lowest BCUT2D eigenvalue weighted by molar-refractivity contribution is 0.311. The molecular weight excluding hydrogens is 237 g/mol. The maximum Gasteiger partial charge on any atom is 0.147 e. The minimum atomic E-state index is 0.0250. The first-order chi connectivity index (χ1) is 7.19. The number of halogens is 2. The topological polar surface area (TPSA) is 57.2 Å². The minimum absolute atomic E-state index is 0.0250. The Bertz CT molecular complexity index is 333. The van der Waals surface area contributed by atoms with Gasteiger partial charge in [0.2, 0.25) is 0 Å². The second-order valence-corrected chi connectivity index (χ2v) is 3.64. The number of rotatable bonds is 5. The molecule has 0 aliphatic heterocycles. The van der Waals surface area contributed by atoms with Gasteiger partial charge in [-0.2, -0.15) is 0 Å². The van der Waals surface area contributed by atoms with Crippen molar-refractivity contribution >= 4 is 34.8 Å². The van der Waals surface area contributed by atoms with Gasteiger partial charge >= 0.3 is 0 Å². The first-order valence-electron chi connectivity index (χ1n) is 4.63. The van der Waals surface area contributed by atoms with Crippen molar-refractivity contribution < 1.29 is 5.11 Å². The highest BCUT2D eigenvalue weighted by molar-refractivity contribution is 6.37. The maximum absolute atomic E-state index is 8.67. The van der Waals surface area contributed by atoms with E-state index in [2.05, 4.69) is 15.6 Å². The monoisotopic (exact) mass is 249 g/mol. The molecule has 0 aliphatic carbocycles. The second kappa shape index (κ2) is 6.00. The zero-order chi connectivity index (χ0) is 11.3. The van der Waals surface area contributed by atoms with Crippen LogP contribution >= 0.6 is 23.2 Å². The minimum Gasteiger partial charge on any atom is -0.395 e. The zero-order valence-electron chi connectivity index (χ0n) is 8.35. The lowest BCUT2D eigenvalue weighted by Crippen LogP contribution is -2.09. The van der Waals surface area contributed by atoms with Crippen molar-refractivity contribution in [3.05, 3.63) is 16.1 Å². The van der Waals surface area contributed by atoms with Crippen LogP contribution in [0, 0.1) is 0 Å². The summed E-state index contributed by atoms with van der Waals surface area (Å²) in [5, 5.41) is 15.5. The van der Waals surface area contributed by atoms with Gasteiger partial charge in [0.1, 0.15) is 11.6 Å². The molecule has 3 N–H and O–H groups in total. The van der Waals surface area contributed by atoms with E-state index < -0.39 is 0 Å². The van der Waals surface area contributed by atoms with Gasteiger partial charge in [-0.15, -0.1) is 0 Å². The van der Waals surface area contributed by atoms with Crippen LogP contribution < -0.4 is 10.6 Å². The van der Waals surface area contributed by atoms with Crippen molar-refractivity contribution in [1.29, 1.82) is 0 Å². The molecule has 0 saturated heterocycles. The lowest BCUT2D eigenvalue weighted by atomic mass is 10.4. The normalized spacial score (nSPS) is 10.1. The van der Waals surface area contributed by atoms with Crippen LogP contribution in [-0.2, 0) is 0 Å². The number of aliphatic hydroxyl groups is 1. The molecule has 0 saturated carbocycles. The maximum atomic E-state index is 8.67. The van der Waals surface area contributed by atoms with Crippen molar-refractivity contribution in [3.63, 3.8) is 0 Å². The SMILES string of the molecule is CCNc1nc(NCCO)c(Cl)cc1Cl. The van der Waals surface area contributed by atoms with E-state index in [9.17, 15) is 0 Å². The third-order valence-corrected chi connectivity index (χ3v) is 2.25. The van der Waals surface area contributed by atoms with Crippen molar-refractivity contribution in [2.45, 2.75) is 6.92 Å². The van der Waals surface area contributed by atoms with Gasteiger partial charge in [0.05, 0.1) is 16.7 Å². The second-order valence-electron chi connectivity index (χ2n) is 2.83. The van der Waals surface area contributed by atoms with E-state index >= 15 is 0 Å². The third kappa shape index (κ3) is 3.41. The number of hydrogen-bond acceptors (Lipinski definition) is 4. The molecule has 1 heterocycles. The summed E-state index contributed by atoms with van der Waals surface area (Å²) in [6, 6.07) is 1.62. The molecule has 0 aromatic carbocycles. The van der Waals surface area contributed by atoms with Gasteiger partial charge in [0, 0.05) is 13.1 Å². The molecule has 1 aromatic rings. The number of hydrogen-bond donors (Lipinski definition) is 3. The van der Waals surface area contributed by atoms with E-state index in [0.717, 1.165) is 6.54 Å². The van der Waals surface area contributed by atoms with E-state index in [1.54, 1.807) is 6.07 Å². The molecule has 0 atom stereocenters.